The fourth-order valence-corrected chi connectivity index (χ4v) is 1.22. The highest BCUT2D eigenvalue weighted by atomic mass is 15.1. The first-order valence-corrected chi connectivity index (χ1v) is 4.06. The van der Waals surface area contributed by atoms with E-state index in [0.29, 0.717) is 0 Å². The Morgan fingerprint density at radius 1 is 1.08 bits per heavy atom. The monoisotopic (exact) mass is 171 g/mol. The lowest BCUT2D eigenvalue weighted by Gasteiger charge is -2.01. The highest BCUT2D eigenvalue weighted by molar-refractivity contribution is 5.60. The summed E-state index contributed by atoms with van der Waals surface area (Å²) >= 11 is 0. The maximum Gasteiger partial charge on any atom is 0.0747 e. The zero-order valence-electron chi connectivity index (χ0n) is 7.31. The lowest BCUT2D eigenvalue weighted by molar-refractivity contribution is 1.03. The van der Waals surface area contributed by atoms with Crippen molar-refractivity contribution in [3.05, 3.63) is 42.4 Å². The molecule has 0 atom stereocenters. The number of hydrogen-bond acceptors (Lipinski definition) is 3. The van der Waals surface area contributed by atoms with E-state index in [4.69, 9.17) is 0 Å². The molecule has 3 heteroatoms. The molecule has 0 radical (unpaired) electrons. The quantitative estimate of drug-likeness (QED) is 0.657. The Bertz CT molecular complexity index is 398. The number of nitrogens with zero attached hydrogens (tertiary/aromatic N) is 3. The van der Waals surface area contributed by atoms with Crippen LogP contribution < -0.4 is 0 Å². The lowest BCUT2D eigenvalue weighted by atomic mass is 10.1. The molecule has 13 heavy (non-hydrogen) atoms. The van der Waals surface area contributed by atoms with Gasteiger partial charge in [-0.3, -0.25) is 4.98 Å². The van der Waals surface area contributed by atoms with Crippen molar-refractivity contribution < 1.29 is 0 Å². The van der Waals surface area contributed by atoms with Crippen LogP contribution in [0.15, 0.2) is 36.8 Å². The topological polar surface area (TPSA) is 38.7 Å². The second kappa shape index (κ2) is 3.31. The normalized spacial score (nSPS) is 9.92. The van der Waals surface area contributed by atoms with Crippen LogP contribution in [0.1, 0.15) is 5.56 Å². The van der Waals surface area contributed by atoms with Gasteiger partial charge in [-0.2, -0.15) is 10.2 Å². The Morgan fingerprint density at radius 2 is 2.00 bits per heavy atom. The Morgan fingerprint density at radius 3 is 2.69 bits per heavy atom. The molecular formula is C10H9N3. The predicted molar refractivity (Wildman–Crippen MR) is 50.0 cm³/mol. The fourth-order valence-electron chi connectivity index (χ4n) is 1.22. The molecule has 0 aliphatic rings. The van der Waals surface area contributed by atoms with Crippen LogP contribution in [0.5, 0.6) is 0 Å². The number of aromatic nitrogens is 3. The minimum Gasteiger partial charge on any atom is -0.256 e. The summed E-state index contributed by atoms with van der Waals surface area (Å²) in [6.45, 7) is 2.03. The molecule has 0 amide bonds. The van der Waals surface area contributed by atoms with Gasteiger partial charge in [-0.25, -0.2) is 0 Å². The summed E-state index contributed by atoms with van der Waals surface area (Å²) in [5.74, 6) is 0. The van der Waals surface area contributed by atoms with Gasteiger partial charge >= 0.3 is 0 Å². The summed E-state index contributed by atoms with van der Waals surface area (Å²) in [6, 6.07) is 5.86. The summed E-state index contributed by atoms with van der Waals surface area (Å²) < 4.78 is 0. The molecule has 0 aromatic carbocycles. The van der Waals surface area contributed by atoms with Crippen molar-refractivity contribution in [2.24, 2.45) is 0 Å². The van der Waals surface area contributed by atoms with E-state index in [2.05, 4.69) is 15.2 Å². The van der Waals surface area contributed by atoms with Crippen LogP contribution in [-0.4, -0.2) is 15.2 Å². The van der Waals surface area contributed by atoms with Crippen LogP contribution in [0.3, 0.4) is 0 Å². The third kappa shape index (κ3) is 1.54. The van der Waals surface area contributed by atoms with E-state index >= 15 is 0 Å². The number of pyridine rings is 1. The first-order valence-electron chi connectivity index (χ1n) is 4.06. The highest BCUT2D eigenvalue weighted by Gasteiger charge is 2.00. The van der Waals surface area contributed by atoms with Crippen molar-refractivity contribution in [2.45, 2.75) is 6.92 Å². The van der Waals surface area contributed by atoms with Gasteiger partial charge in [0.05, 0.1) is 18.1 Å². The summed E-state index contributed by atoms with van der Waals surface area (Å²) in [4.78, 5) is 4.28. The van der Waals surface area contributed by atoms with E-state index in [-0.39, 0.29) is 0 Å². The fraction of sp³-hybridized carbons (Fsp3) is 0.100. The maximum atomic E-state index is 4.28. The standard InChI is InChI=1S/C10H9N3/c1-8-3-2-5-11-10(8)9-4-6-12-13-7-9/h2-7H,1H3. The van der Waals surface area contributed by atoms with Crippen molar-refractivity contribution in [3.63, 3.8) is 0 Å². The smallest absolute Gasteiger partial charge is 0.0747 e. The number of aryl methyl sites for hydroxylation is 1. The molecule has 0 saturated carbocycles. The number of hydrogen-bond donors (Lipinski definition) is 0. The Kier molecular flexibility index (Phi) is 2.00. The minimum atomic E-state index is 0.970. The van der Waals surface area contributed by atoms with Crippen LogP contribution in [-0.2, 0) is 0 Å². The molecule has 0 unspecified atom stereocenters. The molecule has 2 heterocycles. The van der Waals surface area contributed by atoms with E-state index in [1.165, 1.54) is 0 Å². The lowest BCUT2D eigenvalue weighted by Crippen LogP contribution is -1.88. The zero-order chi connectivity index (χ0) is 9.10. The summed E-state index contributed by atoms with van der Waals surface area (Å²) in [5.41, 5.74) is 3.13. The van der Waals surface area contributed by atoms with Gasteiger partial charge in [-0.05, 0) is 24.6 Å². The first-order chi connectivity index (χ1) is 6.38. The minimum absolute atomic E-state index is 0.970. The molecule has 2 rings (SSSR count). The average molecular weight is 171 g/mol. The SMILES string of the molecule is Cc1cccnc1-c1ccnnc1. The van der Waals surface area contributed by atoms with E-state index in [9.17, 15) is 0 Å². The molecule has 0 aliphatic carbocycles. The van der Waals surface area contributed by atoms with Gasteiger partial charge < -0.3 is 0 Å². The maximum absolute atomic E-state index is 4.28. The molecule has 0 saturated heterocycles. The third-order valence-corrected chi connectivity index (χ3v) is 1.87. The van der Waals surface area contributed by atoms with Gasteiger partial charge in [-0.1, -0.05) is 6.07 Å². The molecule has 3 nitrogen and oxygen atoms in total. The van der Waals surface area contributed by atoms with Crippen molar-refractivity contribution >= 4 is 0 Å². The van der Waals surface area contributed by atoms with Gasteiger partial charge in [-0.15, -0.1) is 0 Å². The van der Waals surface area contributed by atoms with Gasteiger partial charge in [0.1, 0.15) is 0 Å². The molecule has 0 N–H and O–H groups in total. The molecule has 2 aromatic heterocycles. The second-order valence-electron chi connectivity index (χ2n) is 2.80. The average Bonchev–Trinajstić information content (AvgIpc) is 2.20. The molecular weight excluding hydrogens is 162 g/mol. The molecule has 2 aromatic rings. The number of rotatable bonds is 1. The molecule has 0 fully saturated rings. The van der Waals surface area contributed by atoms with Gasteiger partial charge in [0, 0.05) is 11.8 Å². The van der Waals surface area contributed by atoms with E-state index < -0.39 is 0 Å². The molecule has 0 spiro atoms. The summed E-state index contributed by atoms with van der Waals surface area (Å²) in [7, 11) is 0. The van der Waals surface area contributed by atoms with E-state index in [1.54, 1.807) is 18.6 Å². The Balaban J connectivity index is 2.54. The Hall–Kier alpha value is -1.77. The van der Waals surface area contributed by atoms with Gasteiger partial charge in [0.25, 0.3) is 0 Å². The molecule has 0 aliphatic heterocycles. The first kappa shape index (κ1) is 7.86. The van der Waals surface area contributed by atoms with Crippen LogP contribution in [0.4, 0.5) is 0 Å². The van der Waals surface area contributed by atoms with Crippen molar-refractivity contribution in [1.82, 2.24) is 15.2 Å². The van der Waals surface area contributed by atoms with Crippen LogP contribution in [0.2, 0.25) is 0 Å². The van der Waals surface area contributed by atoms with Gasteiger partial charge in [0.2, 0.25) is 0 Å². The third-order valence-electron chi connectivity index (χ3n) is 1.87. The van der Waals surface area contributed by atoms with E-state index in [0.717, 1.165) is 16.8 Å². The van der Waals surface area contributed by atoms with Gasteiger partial charge in [0.15, 0.2) is 0 Å². The van der Waals surface area contributed by atoms with E-state index in [1.807, 2.05) is 25.1 Å². The molecule has 0 bridgehead atoms. The van der Waals surface area contributed by atoms with Crippen LogP contribution >= 0.6 is 0 Å². The second-order valence-corrected chi connectivity index (χ2v) is 2.80. The van der Waals surface area contributed by atoms with Crippen LogP contribution in [0, 0.1) is 6.92 Å². The van der Waals surface area contributed by atoms with Crippen LogP contribution in [0.25, 0.3) is 11.3 Å². The van der Waals surface area contributed by atoms with Crippen molar-refractivity contribution in [2.75, 3.05) is 0 Å². The summed E-state index contributed by atoms with van der Waals surface area (Å²) in [5, 5.41) is 7.53. The van der Waals surface area contributed by atoms with Crippen molar-refractivity contribution in [1.29, 1.82) is 0 Å². The predicted octanol–water partition coefficient (Wildman–Crippen LogP) is 1.85. The molecule has 64 valence electrons. The highest BCUT2D eigenvalue weighted by Crippen LogP contribution is 2.17. The summed E-state index contributed by atoms with van der Waals surface area (Å²) in [6.07, 6.45) is 5.17. The van der Waals surface area contributed by atoms with Crippen molar-refractivity contribution in [3.8, 4) is 11.3 Å². The largest absolute Gasteiger partial charge is 0.256 e. The zero-order valence-corrected chi connectivity index (χ0v) is 7.31. The Labute approximate surface area is 76.5 Å².